The molecule has 0 fully saturated rings. The van der Waals surface area contributed by atoms with Crippen molar-refractivity contribution in [2.24, 2.45) is 0 Å². The average molecular weight is 436 g/mol. The number of aromatic nitrogens is 2. The SMILES string of the molecule is Cc1c(-c2nc(-c3cccc4ccccc34)no2)sc(C(F)(F)F)c1-c1ccccc1. The van der Waals surface area contributed by atoms with Crippen molar-refractivity contribution < 1.29 is 17.7 Å². The molecule has 0 atom stereocenters. The van der Waals surface area contributed by atoms with E-state index in [2.05, 4.69) is 10.1 Å². The Hall–Kier alpha value is -3.45. The third kappa shape index (κ3) is 3.41. The fourth-order valence-electron chi connectivity index (χ4n) is 3.72. The lowest BCUT2D eigenvalue weighted by Gasteiger charge is -2.08. The van der Waals surface area contributed by atoms with Crippen molar-refractivity contribution in [1.29, 1.82) is 0 Å². The van der Waals surface area contributed by atoms with Crippen LogP contribution in [0, 0.1) is 6.92 Å². The quantitative estimate of drug-likeness (QED) is 0.292. The van der Waals surface area contributed by atoms with Crippen LogP contribution in [0.25, 0.3) is 44.1 Å². The highest BCUT2D eigenvalue weighted by Gasteiger charge is 2.38. The van der Waals surface area contributed by atoms with E-state index in [1.807, 2.05) is 42.5 Å². The highest BCUT2D eigenvalue weighted by molar-refractivity contribution is 7.16. The Morgan fingerprint density at radius 2 is 1.58 bits per heavy atom. The van der Waals surface area contributed by atoms with Gasteiger partial charge in [0.15, 0.2) is 0 Å². The van der Waals surface area contributed by atoms with Gasteiger partial charge >= 0.3 is 6.18 Å². The Kier molecular flexibility index (Phi) is 4.63. The predicted molar refractivity (Wildman–Crippen MR) is 116 cm³/mol. The summed E-state index contributed by atoms with van der Waals surface area (Å²) in [6.07, 6.45) is -4.49. The zero-order chi connectivity index (χ0) is 21.6. The molecule has 0 saturated carbocycles. The molecule has 0 aliphatic rings. The molecule has 0 aliphatic heterocycles. The van der Waals surface area contributed by atoms with Crippen LogP contribution in [0.4, 0.5) is 13.2 Å². The van der Waals surface area contributed by atoms with Crippen LogP contribution in [0.1, 0.15) is 10.4 Å². The molecular weight excluding hydrogens is 421 g/mol. The van der Waals surface area contributed by atoms with Gasteiger partial charge in [-0.2, -0.15) is 18.2 Å². The number of hydrogen-bond donors (Lipinski definition) is 0. The van der Waals surface area contributed by atoms with Crippen molar-refractivity contribution in [2.45, 2.75) is 13.1 Å². The molecule has 2 heterocycles. The summed E-state index contributed by atoms with van der Waals surface area (Å²) in [6.45, 7) is 1.66. The number of benzene rings is 3. The Labute approximate surface area is 179 Å². The third-order valence-electron chi connectivity index (χ3n) is 5.12. The number of nitrogens with zero attached hydrogens (tertiary/aromatic N) is 2. The molecule has 31 heavy (non-hydrogen) atoms. The van der Waals surface area contributed by atoms with E-state index in [9.17, 15) is 13.2 Å². The van der Waals surface area contributed by atoms with Crippen LogP contribution in [0.5, 0.6) is 0 Å². The van der Waals surface area contributed by atoms with Crippen LogP contribution in [0.15, 0.2) is 77.3 Å². The zero-order valence-corrected chi connectivity index (χ0v) is 17.1. The first-order chi connectivity index (χ1) is 14.9. The normalized spacial score (nSPS) is 11.9. The Balaban J connectivity index is 1.66. The summed E-state index contributed by atoms with van der Waals surface area (Å²) in [4.78, 5) is 4.11. The minimum atomic E-state index is -4.49. The number of thiophene rings is 1. The van der Waals surface area contributed by atoms with Gasteiger partial charge in [0.2, 0.25) is 5.82 Å². The summed E-state index contributed by atoms with van der Waals surface area (Å²) >= 11 is 0.632. The molecule has 3 nitrogen and oxygen atoms in total. The summed E-state index contributed by atoms with van der Waals surface area (Å²) < 4.78 is 46.9. The molecule has 0 amide bonds. The summed E-state index contributed by atoms with van der Waals surface area (Å²) in [6, 6.07) is 22.1. The number of rotatable bonds is 3. The average Bonchev–Trinajstić information content (AvgIpc) is 3.38. The van der Waals surface area contributed by atoms with E-state index in [0.29, 0.717) is 33.2 Å². The molecule has 5 aromatic rings. The molecule has 7 heteroatoms. The number of alkyl halides is 3. The van der Waals surface area contributed by atoms with E-state index in [4.69, 9.17) is 4.52 Å². The number of halogens is 3. The minimum Gasteiger partial charge on any atom is -0.333 e. The molecule has 5 rings (SSSR count). The van der Waals surface area contributed by atoms with Crippen molar-refractivity contribution in [1.82, 2.24) is 10.1 Å². The summed E-state index contributed by atoms with van der Waals surface area (Å²) in [5.74, 6) is 0.424. The Morgan fingerprint density at radius 3 is 2.35 bits per heavy atom. The third-order valence-corrected chi connectivity index (χ3v) is 6.44. The van der Waals surface area contributed by atoms with Crippen LogP contribution in [0.2, 0.25) is 0 Å². The first kappa shape index (κ1) is 19.5. The minimum absolute atomic E-state index is 0.0816. The topological polar surface area (TPSA) is 38.9 Å². The first-order valence-electron chi connectivity index (χ1n) is 9.51. The second-order valence-electron chi connectivity index (χ2n) is 7.07. The van der Waals surface area contributed by atoms with Gasteiger partial charge in [-0.3, -0.25) is 0 Å². The molecule has 0 unspecified atom stereocenters. The van der Waals surface area contributed by atoms with Crippen LogP contribution in [-0.2, 0) is 6.18 Å². The van der Waals surface area contributed by atoms with Gasteiger partial charge < -0.3 is 4.52 Å². The second-order valence-corrected chi connectivity index (χ2v) is 8.09. The maximum atomic E-state index is 13.8. The lowest BCUT2D eigenvalue weighted by atomic mass is 10.0. The van der Waals surface area contributed by atoms with E-state index in [1.54, 1.807) is 37.3 Å². The Bertz CT molecular complexity index is 1380. The van der Waals surface area contributed by atoms with Gasteiger partial charge in [0.1, 0.15) is 4.88 Å². The van der Waals surface area contributed by atoms with Crippen LogP contribution in [0.3, 0.4) is 0 Å². The molecule has 0 saturated heterocycles. The largest absolute Gasteiger partial charge is 0.426 e. The molecular formula is C24H15F3N2OS. The maximum Gasteiger partial charge on any atom is 0.426 e. The van der Waals surface area contributed by atoms with Crippen molar-refractivity contribution in [3.63, 3.8) is 0 Å². The molecule has 3 aromatic carbocycles. The fraction of sp³-hybridized carbons (Fsp3) is 0.0833. The number of hydrogen-bond acceptors (Lipinski definition) is 4. The lowest BCUT2D eigenvalue weighted by Crippen LogP contribution is -2.03. The van der Waals surface area contributed by atoms with Gasteiger partial charge in [-0.05, 0) is 28.8 Å². The molecule has 0 bridgehead atoms. The van der Waals surface area contributed by atoms with Gasteiger partial charge in [-0.25, -0.2) is 0 Å². The van der Waals surface area contributed by atoms with Crippen molar-refractivity contribution in [3.05, 3.63) is 83.2 Å². The van der Waals surface area contributed by atoms with Crippen molar-refractivity contribution in [2.75, 3.05) is 0 Å². The maximum absolute atomic E-state index is 13.8. The van der Waals surface area contributed by atoms with E-state index in [1.165, 1.54) is 0 Å². The first-order valence-corrected chi connectivity index (χ1v) is 10.3. The molecule has 0 radical (unpaired) electrons. The predicted octanol–water partition coefficient (Wildman–Crippen LogP) is 7.61. The van der Waals surface area contributed by atoms with Crippen LogP contribution < -0.4 is 0 Å². The second kappa shape index (κ2) is 7.35. The van der Waals surface area contributed by atoms with E-state index < -0.39 is 11.1 Å². The van der Waals surface area contributed by atoms with Crippen LogP contribution in [-0.4, -0.2) is 10.1 Å². The van der Waals surface area contributed by atoms with Gasteiger partial charge in [-0.1, -0.05) is 78.0 Å². The van der Waals surface area contributed by atoms with Gasteiger partial charge in [0.25, 0.3) is 5.89 Å². The molecule has 2 aromatic heterocycles. The van der Waals surface area contributed by atoms with Gasteiger partial charge in [-0.15, -0.1) is 11.3 Å². The van der Waals surface area contributed by atoms with Crippen molar-refractivity contribution >= 4 is 22.1 Å². The van der Waals surface area contributed by atoms with Crippen LogP contribution >= 0.6 is 11.3 Å². The molecule has 0 N–H and O–H groups in total. The summed E-state index contributed by atoms with van der Waals surface area (Å²) in [5.41, 5.74) is 1.89. The smallest absolute Gasteiger partial charge is 0.333 e. The molecule has 0 aliphatic carbocycles. The van der Waals surface area contributed by atoms with Gasteiger partial charge in [0, 0.05) is 11.1 Å². The lowest BCUT2D eigenvalue weighted by molar-refractivity contribution is -0.133. The fourth-order valence-corrected chi connectivity index (χ4v) is 4.83. The highest BCUT2D eigenvalue weighted by Crippen LogP contribution is 2.48. The Morgan fingerprint density at radius 1 is 0.871 bits per heavy atom. The number of fused-ring (bicyclic) bond motifs is 1. The monoisotopic (exact) mass is 436 g/mol. The zero-order valence-electron chi connectivity index (χ0n) is 16.3. The molecule has 0 spiro atoms. The highest BCUT2D eigenvalue weighted by atomic mass is 32.1. The van der Waals surface area contributed by atoms with Gasteiger partial charge in [0.05, 0.1) is 4.88 Å². The summed E-state index contributed by atoms with van der Waals surface area (Å²) in [7, 11) is 0. The van der Waals surface area contributed by atoms with E-state index in [-0.39, 0.29) is 11.5 Å². The van der Waals surface area contributed by atoms with E-state index >= 15 is 0 Å². The molecule has 154 valence electrons. The summed E-state index contributed by atoms with van der Waals surface area (Å²) in [5, 5.41) is 6.03. The van der Waals surface area contributed by atoms with Crippen molar-refractivity contribution in [3.8, 4) is 33.3 Å². The van der Waals surface area contributed by atoms with E-state index in [0.717, 1.165) is 16.3 Å². The standard InChI is InChI=1S/C24H15F3N2OS/c1-14-19(16-9-3-2-4-10-16)21(24(25,26)27)31-20(14)23-28-22(29-30-23)18-13-7-11-15-8-5-6-12-17(15)18/h2-13H,1H3.